The first kappa shape index (κ1) is 15.8. The second-order valence-corrected chi connectivity index (χ2v) is 6.90. The predicted octanol–water partition coefficient (Wildman–Crippen LogP) is 2.49. The molecule has 1 unspecified atom stereocenters. The Hall–Kier alpha value is -0.280. The number of carbonyl (C=O) groups is 1. The summed E-state index contributed by atoms with van der Waals surface area (Å²) in [4.78, 5) is 12.2. The van der Waals surface area contributed by atoms with Crippen LogP contribution >= 0.6 is 12.4 Å². The van der Waals surface area contributed by atoms with Crippen molar-refractivity contribution in [1.82, 2.24) is 10.6 Å². The number of halogens is 1. The van der Waals surface area contributed by atoms with Crippen LogP contribution in [-0.4, -0.2) is 25.0 Å². The van der Waals surface area contributed by atoms with E-state index in [9.17, 15) is 4.79 Å². The Kier molecular flexibility index (Phi) is 5.07. The molecule has 2 fully saturated rings. The molecule has 0 aromatic rings. The molecular weight excluding hydrogens is 248 g/mol. The van der Waals surface area contributed by atoms with Crippen molar-refractivity contribution >= 4 is 18.3 Å². The topological polar surface area (TPSA) is 41.1 Å². The molecule has 2 N–H and O–H groups in total. The third-order valence-corrected chi connectivity index (χ3v) is 4.59. The molecule has 1 aliphatic carbocycles. The number of nitrogens with one attached hydrogen (secondary N) is 2. The highest BCUT2D eigenvalue weighted by molar-refractivity contribution is 5.85. The minimum absolute atomic E-state index is 0. The van der Waals surface area contributed by atoms with Gasteiger partial charge in [-0.15, -0.1) is 12.4 Å². The molecule has 0 radical (unpaired) electrons. The van der Waals surface area contributed by atoms with Crippen LogP contribution in [0.5, 0.6) is 0 Å². The van der Waals surface area contributed by atoms with Crippen LogP contribution in [0.4, 0.5) is 0 Å². The zero-order valence-corrected chi connectivity index (χ0v) is 12.7. The monoisotopic (exact) mass is 274 g/mol. The Morgan fingerprint density at radius 1 is 1.17 bits per heavy atom. The summed E-state index contributed by atoms with van der Waals surface area (Å²) in [6.45, 7) is 8.54. The molecule has 1 aliphatic heterocycles. The molecule has 1 heterocycles. The predicted molar refractivity (Wildman–Crippen MR) is 77.0 cm³/mol. The van der Waals surface area contributed by atoms with Gasteiger partial charge in [-0.05, 0) is 51.0 Å². The molecule has 1 amide bonds. The lowest BCUT2D eigenvalue weighted by molar-refractivity contribution is -0.130. The molecular formula is C14H27ClN2O. The number of rotatable bonds is 2. The van der Waals surface area contributed by atoms with Crippen LogP contribution in [0.15, 0.2) is 0 Å². The van der Waals surface area contributed by atoms with E-state index in [-0.39, 0.29) is 23.7 Å². The SMILES string of the molecule is CC1(C)CCC(NC(=O)C2(C)CCNC2)CC1.Cl. The third kappa shape index (κ3) is 3.61. The number of hydrogen-bond donors (Lipinski definition) is 2. The first-order valence-corrected chi connectivity index (χ1v) is 6.93. The van der Waals surface area contributed by atoms with Gasteiger partial charge in [-0.1, -0.05) is 13.8 Å². The van der Waals surface area contributed by atoms with E-state index in [0.717, 1.165) is 32.4 Å². The van der Waals surface area contributed by atoms with Crippen molar-refractivity contribution in [3.63, 3.8) is 0 Å². The van der Waals surface area contributed by atoms with Gasteiger partial charge >= 0.3 is 0 Å². The Morgan fingerprint density at radius 3 is 2.28 bits per heavy atom. The van der Waals surface area contributed by atoms with Gasteiger partial charge in [0.1, 0.15) is 0 Å². The second kappa shape index (κ2) is 5.79. The number of carbonyl (C=O) groups excluding carboxylic acids is 1. The van der Waals surface area contributed by atoms with Crippen molar-refractivity contribution in [3.05, 3.63) is 0 Å². The van der Waals surface area contributed by atoms with E-state index in [4.69, 9.17) is 0 Å². The molecule has 3 nitrogen and oxygen atoms in total. The van der Waals surface area contributed by atoms with E-state index in [1.807, 2.05) is 0 Å². The first-order chi connectivity index (χ1) is 7.91. The van der Waals surface area contributed by atoms with Crippen molar-refractivity contribution < 1.29 is 4.79 Å². The van der Waals surface area contributed by atoms with Crippen LogP contribution in [0.1, 0.15) is 52.9 Å². The Bertz CT molecular complexity index is 288. The maximum Gasteiger partial charge on any atom is 0.227 e. The summed E-state index contributed by atoms with van der Waals surface area (Å²) in [6.07, 6.45) is 5.71. The molecule has 18 heavy (non-hydrogen) atoms. The zero-order chi connectivity index (χ0) is 12.5. The van der Waals surface area contributed by atoms with Crippen LogP contribution in [0.25, 0.3) is 0 Å². The van der Waals surface area contributed by atoms with E-state index in [1.54, 1.807) is 0 Å². The van der Waals surface area contributed by atoms with Gasteiger partial charge in [0.2, 0.25) is 5.91 Å². The smallest absolute Gasteiger partial charge is 0.227 e. The minimum Gasteiger partial charge on any atom is -0.353 e. The minimum atomic E-state index is -0.174. The number of hydrogen-bond acceptors (Lipinski definition) is 2. The van der Waals surface area contributed by atoms with E-state index >= 15 is 0 Å². The molecule has 2 rings (SSSR count). The average Bonchev–Trinajstić information content (AvgIpc) is 2.70. The van der Waals surface area contributed by atoms with Crippen molar-refractivity contribution in [3.8, 4) is 0 Å². The Balaban J connectivity index is 0.00000162. The summed E-state index contributed by atoms with van der Waals surface area (Å²) in [6, 6.07) is 0.410. The van der Waals surface area contributed by atoms with Crippen molar-refractivity contribution in [2.24, 2.45) is 10.8 Å². The maximum atomic E-state index is 12.2. The highest BCUT2D eigenvalue weighted by Gasteiger charge is 2.38. The fraction of sp³-hybridized carbons (Fsp3) is 0.929. The normalized spacial score (nSPS) is 31.7. The molecule has 0 aromatic carbocycles. The van der Waals surface area contributed by atoms with Gasteiger partial charge in [-0.2, -0.15) is 0 Å². The van der Waals surface area contributed by atoms with Crippen LogP contribution in [0.2, 0.25) is 0 Å². The van der Waals surface area contributed by atoms with Crippen LogP contribution in [0.3, 0.4) is 0 Å². The highest BCUT2D eigenvalue weighted by Crippen LogP contribution is 2.35. The van der Waals surface area contributed by atoms with Gasteiger partial charge in [-0.3, -0.25) is 4.79 Å². The summed E-state index contributed by atoms with van der Waals surface area (Å²) in [5, 5.41) is 6.54. The van der Waals surface area contributed by atoms with Gasteiger partial charge in [-0.25, -0.2) is 0 Å². The Morgan fingerprint density at radius 2 is 1.78 bits per heavy atom. The lowest BCUT2D eigenvalue weighted by Gasteiger charge is -2.36. The van der Waals surface area contributed by atoms with Crippen molar-refractivity contribution in [2.45, 2.75) is 58.9 Å². The molecule has 0 aromatic heterocycles. The molecule has 4 heteroatoms. The molecule has 1 saturated carbocycles. The van der Waals surface area contributed by atoms with Gasteiger partial charge in [0, 0.05) is 12.6 Å². The molecule has 1 saturated heterocycles. The fourth-order valence-corrected chi connectivity index (χ4v) is 2.91. The van der Waals surface area contributed by atoms with Gasteiger partial charge in [0.25, 0.3) is 0 Å². The molecule has 106 valence electrons. The standard InChI is InChI=1S/C14H26N2O.ClH/c1-13(2)6-4-11(5-7-13)16-12(17)14(3)8-9-15-10-14;/h11,15H,4-10H2,1-3H3,(H,16,17);1H. The van der Waals surface area contributed by atoms with Crippen LogP contribution < -0.4 is 10.6 Å². The first-order valence-electron chi connectivity index (χ1n) is 6.93. The van der Waals surface area contributed by atoms with Crippen LogP contribution in [-0.2, 0) is 4.79 Å². The zero-order valence-electron chi connectivity index (χ0n) is 11.8. The van der Waals surface area contributed by atoms with E-state index in [2.05, 4.69) is 31.4 Å². The van der Waals surface area contributed by atoms with Crippen LogP contribution in [0, 0.1) is 10.8 Å². The fourth-order valence-electron chi connectivity index (χ4n) is 2.91. The van der Waals surface area contributed by atoms with Crippen molar-refractivity contribution in [2.75, 3.05) is 13.1 Å². The van der Waals surface area contributed by atoms with Crippen molar-refractivity contribution in [1.29, 1.82) is 0 Å². The van der Waals surface area contributed by atoms with Gasteiger partial charge in [0.15, 0.2) is 0 Å². The second-order valence-electron chi connectivity index (χ2n) is 6.90. The lowest BCUT2D eigenvalue weighted by Crippen LogP contribution is -2.47. The summed E-state index contributed by atoms with van der Waals surface area (Å²) in [5.41, 5.74) is 0.299. The Labute approximate surface area is 117 Å². The molecule has 0 spiro atoms. The molecule has 0 bridgehead atoms. The van der Waals surface area contributed by atoms with E-state index < -0.39 is 0 Å². The number of amides is 1. The largest absolute Gasteiger partial charge is 0.353 e. The third-order valence-electron chi connectivity index (χ3n) is 4.59. The van der Waals surface area contributed by atoms with Gasteiger partial charge < -0.3 is 10.6 Å². The molecule has 1 atom stereocenters. The van der Waals surface area contributed by atoms with E-state index in [0.29, 0.717) is 11.5 Å². The maximum absolute atomic E-state index is 12.2. The summed E-state index contributed by atoms with van der Waals surface area (Å²) >= 11 is 0. The van der Waals surface area contributed by atoms with Gasteiger partial charge in [0.05, 0.1) is 5.41 Å². The summed E-state index contributed by atoms with van der Waals surface area (Å²) in [5.74, 6) is 0.257. The summed E-state index contributed by atoms with van der Waals surface area (Å²) in [7, 11) is 0. The molecule has 2 aliphatic rings. The average molecular weight is 275 g/mol. The van der Waals surface area contributed by atoms with E-state index in [1.165, 1.54) is 12.8 Å². The summed E-state index contributed by atoms with van der Waals surface area (Å²) < 4.78 is 0. The lowest BCUT2D eigenvalue weighted by atomic mass is 9.75. The quantitative estimate of drug-likeness (QED) is 0.812. The highest BCUT2D eigenvalue weighted by atomic mass is 35.5.